The van der Waals surface area contributed by atoms with Crippen LogP contribution in [0.15, 0.2) is 36.9 Å². The molecule has 1 rings (SSSR count). The van der Waals surface area contributed by atoms with E-state index in [9.17, 15) is 4.79 Å². The van der Waals surface area contributed by atoms with Crippen molar-refractivity contribution in [1.29, 1.82) is 0 Å². The van der Waals surface area contributed by atoms with Crippen LogP contribution in [0.25, 0.3) is 0 Å². The molecule has 4 heteroatoms. The van der Waals surface area contributed by atoms with Gasteiger partial charge in [-0.2, -0.15) is 0 Å². The fraction of sp³-hybridized carbons (Fsp3) is 0.357. The molecular weight excluding hydrogens is 228 g/mol. The van der Waals surface area contributed by atoms with Crippen LogP contribution >= 0.6 is 0 Å². The summed E-state index contributed by atoms with van der Waals surface area (Å²) < 4.78 is 5.39. The fourth-order valence-corrected chi connectivity index (χ4v) is 1.32. The second kappa shape index (κ2) is 6.10. The van der Waals surface area contributed by atoms with E-state index in [0.717, 1.165) is 0 Å². The van der Waals surface area contributed by atoms with Crippen LogP contribution in [0.4, 0.5) is 10.5 Å². The molecule has 2 amide bonds. The molecule has 0 fully saturated rings. The second-order valence-corrected chi connectivity index (χ2v) is 4.96. The van der Waals surface area contributed by atoms with Gasteiger partial charge in [-0.3, -0.25) is 0 Å². The maximum Gasteiger partial charge on any atom is 0.319 e. The minimum atomic E-state index is -0.263. The first-order valence-electron chi connectivity index (χ1n) is 5.83. The van der Waals surface area contributed by atoms with Gasteiger partial charge in [0.2, 0.25) is 0 Å². The number of ether oxygens (including phenoxy) is 1. The maximum absolute atomic E-state index is 11.7. The molecule has 0 aliphatic carbocycles. The molecule has 0 radical (unpaired) electrons. The zero-order valence-corrected chi connectivity index (χ0v) is 11.1. The molecule has 0 aromatic heterocycles. The number of rotatable bonds is 4. The van der Waals surface area contributed by atoms with Crippen molar-refractivity contribution in [3.05, 3.63) is 36.9 Å². The van der Waals surface area contributed by atoms with E-state index in [1.165, 1.54) is 0 Å². The summed E-state index contributed by atoms with van der Waals surface area (Å²) in [6, 6.07) is 7.00. The summed E-state index contributed by atoms with van der Waals surface area (Å²) in [6.07, 6.45) is 1.67. The molecule has 1 aromatic carbocycles. The molecule has 0 saturated heterocycles. The van der Waals surface area contributed by atoms with Gasteiger partial charge in [-0.25, -0.2) is 4.79 Å². The van der Waals surface area contributed by atoms with E-state index < -0.39 is 0 Å². The van der Waals surface area contributed by atoms with Crippen LogP contribution in [0.2, 0.25) is 0 Å². The summed E-state index contributed by atoms with van der Waals surface area (Å²) in [7, 11) is 0. The molecule has 0 saturated carbocycles. The zero-order chi connectivity index (χ0) is 13.6. The highest BCUT2D eigenvalue weighted by atomic mass is 16.5. The minimum Gasteiger partial charge on any atom is -0.489 e. The van der Waals surface area contributed by atoms with Crippen molar-refractivity contribution in [2.24, 2.45) is 0 Å². The Morgan fingerprint density at radius 1 is 1.44 bits per heavy atom. The van der Waals surface area contributed by atoms with Crippen molar-refractivity contribution in [2.45, 2.75) is 26.3 Å². The van der Waals surface area contributed by atoms with Crippen LogP contribution in [-0.2, 0) is 0 Å². The van der Waals surface area contributed by atoms with Crippen LogP contribution in [0.1, 0.15) is 20.8 Å². The number of anilines is 1. The molecule has 0 atom stereocenters. The highest BCUT2D eigenvalue weighted by molar-refractivity contribution is 5.89. The van der Waals surface area contributed by atoms with E-state index in [2.05, 4.69) is 17.2 Å². The van der Waals surface area contributed by atoms with Gasteiger partial charge < -0.3 is 15.4 Å². The van der Waals surface area contributed by atoms with Crippen LogP contribution in [0, 0.1) is 0 Å². The van der Waals surface area contributed by atoms with Gasteiger partial charge in [-0.05, 0) is 32.9 Å². The lowest BCUT2D eigenvalue weighted by Crippen LogP contribution is -2.43. The lowest BCUT2D eigenvalue weighted by atomic mass is 10.1. The van der Waals surface area contributed by atoms with Crippen LogP contribution in [0.3, 0.4) is 0 Å². The third-order valence-electron chi connectivity index (χ3n) is 1.95. The van der Waals surface area contributed by atoms with Crippen molar-refractivity contribution >= 4 is 11.7 Å². The van der Waals surface area contributed by atoms with E-state index in [-0.39, 0.29) is 11.6 Å². The lowest BCUT2D eigenvalue weighted by molar-refractivity contribution is 0.244. The molecule has 0 aliphatic heterocycles. The molecule has 1 aromatic rings. The summed E-state index contributed by atoms with van der Waals surface area (Å²) in [6.45, 7) is 9.80. The number of urea groups is 1. The Balaban J connectivity index is 2.61. The zero-order valence-electron chi connectivity index (χ0n) is 11.1. The van der Waals surface area contributed by atoms with Crippen LogP contribution in [-0.4, -0.2) is 18.2 Å². The number of benzene rings is 1. The molecule has 0 aliphatic rings. The summed E-state index contributed by atoms with van der Waals surface area (Å²) in [4.78, 5) is 11.7. The number of nitrogens with one attached hydrogen (secondary N) is 2. The largest absolute Gasteiger partial charge is 0.489 e. The molecule has 0 bridgehead atoms. The van der Waals surface area contributed by atoms with Gasteiger partial charge in [0.15, 0.2) is 0 Å². The Morgan fingerprint density at radius 3 is 2.78 bits per heavy atom. The second-order valence-electron chi connectivity index (χ2n) is 4.96. The van der Waals surface area contributed by atoms with E-state index >= 15 is 0 Å². The molecule has 2 N–H and O–H groups in total. The maximum atomic E-state index is 11.7. The topological polar surface area (TPSA) is 50.4 Å². The Bertz CT molecular complexity index is 422. The molecule has 98 valence electrons. The van der Waals surface area contributed by atoms with Crippen LogP contribution < -0.4 is 15.4 Å². The molecule has 4 nitrogen and oxygen atoms in total. The average molecular weight is 248 g/mol. The minimum absolute atomic E-state index is 0.233. The molecule has 0 spiro atoms. The first-order chi connectivity index (χ1) is 8.40. The first-order valence-corrected chi connectivity index (χ1v) is 5.83. The number of carbonyl (C=O) groups excluding carboxylic acids is 1. The number of hydrogen-bond donors (Lipinski definition) is 2. The smallest absolute Gasteiger partial charge is 0.319 e. The molecule has 0 unspecified atom stereocenters. The van der Waals surface area contributed by atoms with Gasteiger partial charge >= 0.3 is 6.03 Å². The molecular formula is C14H20N2O2. The first kappa shape index (κ1) is 14.1. The van der Waals surface area contributed by atoms with E-state index in [4.69, 9.17) is 4.74 Å². The quantitative estimate of drug-likeness (QED) is 0.804. The van der Waals surface area contributed by atoms with Gasteiger partial charge in [0.25, 0.3) is 0 Å². The van der Waals surface area contributed by atoms with E-state index in [1.807, 2.05) is 39.0 Å². The molecule has 18 heavy (non-hydrogen) atoms. The van der Waals surface area contributed by atoms with Gasteiger partial charge in [0.05, 0.1) is 0 Å². The number of amides is 2. The summed E-state index contributed by atoms with van der Waals surface area (Å²) in [5.41, 5.74) is 0.430. The highest BCUT2D eigenvalue weighted by Gasteiger charge is 2.13. The third-order valence-corrected chi connectivity index (χ3v) is 1.95. The monoisotopic (exact) mass is 248 g/mol. The SMILES string of the molecule is C=CCOc1cccc(NC(=O)NC(C)(C)C)c1. The number of carbonyl (C=O) groups is 1. The predicted octanol–water partition coefficient (Wildman–Crippen LogP) is 3.17. The highest BCUT2D eigenvalue weighted by Crippen LogP contribution is 2.17. The number of hydrogen-bond acceptors (Lipinski definition) is 2. The third kappa shape index (κ3) is 5.39. The predicted molar refractivity (Wildman–Crippen MR) is 74.0 cm³/mol. The van der Waals surface area contributed by atoms with Crippen molar-refractivity contribution < 1.29 is 9.53 Å². The van der Waals surface area contributed by atoms with E-state index in [0.29, 0.717) is 18.0 Å². The summed E-state index contributed by atoms with van der Waals surface area (Å²) >= 11 is 0. The van der Waals surface area contributed by atoms with E-state index in [1.54, 1.807) is 12.1 Å². The Hall–Kier alpha value is -1.97. The van der Waals surface area contributed by atoms with Gasteiger partial charge in [0, 0.05) is 17.3 Å². The van der Waals surface area contributed by atoms with Gasteiger partial charge in [-0.1, -0.05) is 18.7 Å². The van der Waals surface area contributed by atoms with Crippen molar-refractivity contribution in [2.75, 3.05) is 11.9 Å². The van der Waals surface area contributed by atoms with Crippen molar-refractivity contribution in [3.8, 4) is 5.75 Å². The van der Waals surface area contributed by atoms with Gasteiger partial charge in [0.1, 0.15) is 12.4 Å². The lowest BCUT2D eigenvalue weighted by Gasteiger charge is -2.20. The summed E-state index contributed by atoms with van der Waals surface area (Å²) in [5.74, 6) is 0.698. The Kier molecular flexibility index (Phi) is 4.77. The Labute approximate surface area is 108 Å². The van der Waals surface area contributed by atoms with Crippen molar-refractivity contribution in [1.82, 2.24) is 5.32 Å². The van der Waals surface area contributed by atoms with Gasteiger partial charge in [-0.15, -0.1) is 0 Å². The fourth-order valence-electron chi connectivity index (χ4n) is 1.32. The average Bonchev–Trinajstić information content (AvgIpc) is 2.24. The molecule has 0 heterocycles. The van der Waals surface area contributed by atoms with Crippen LogP contribution in [0.5, 0.6) is 5.75 Å². The normalized spacial score (nSPS) is 10.6. The summed E-state index contributed by atoms with van der Waals surface area (Å²) in [5, 5.41) is 5.58. The van der Waals surface area contributed by atoms with Crippen molar-refractivity contribution in [3.63, 3.8) is 0 Å². The Morgan fingerprint density at radius 2 is 2.17 bits per heavy atom. The standard InChI is InChI=1S/C14H20N2O2/c1-5-9-18-12-8-6-7-11(10-12)15-13(17)16-14(2,3)4/h5-8,10H,1,9H2,2-4H3,(H2,15,16,17).